The van der Waals surface area contributed by atoms with Crippen molar-refractivity contribution in [1.82, 2.24) is 5.32 Å². The summed E-state index contributed by atoms with van der Waals surface area (Å²) in [6.45, 7) is 0. The van der Waals surface area contributed by atoms with Crippen molar-refractivity contribution in [1.29, 1.82) is 0 Å². The minimum absolute atomic E-state index is 0.0712. The number of non-ortho nitro benzene ring substituents is 1. The Morgan fingerprint density at radius 3 is 2.29 bits per heavy atom. The van der Waals surface area contributed by atoms with Gasteiger partial charge in [-0.15, -0.1) is 0 Å². The number of aliphatic carboxylic acids is 1. The van der Waals surface area contributed by atoms with Crippen LogP contribution in [0.4, 0.5) is 10.5 Å². The average Bonchev–Trinajstić information content (AvgIpc) is 2.55. The number of benzene rings is 2. The van der Waals surface area contributed by atoms with Gasteiger partial charge >= 0.3 is 12.1 Å². The number of carbonyl (C=O) groups is 2. The summed E-state index contributed by atoms with van der Waals surface area (Å²) in [5, 5.41) is 22.0. The molecule has 24 heavy (non-hydrogen) atoms. The molecule has 0 aliphatic heterocycles. The minimum Gasteiger partial charge on any atom is -0.480 e. The van der Waals surface area contributed by atoms with E-state index in [1.165, 1.54) is 24.3 Å². The molecule has 8 heteroatoms. The number of nitro benzene ring substituents is 1. The molecule has 0 saturated carbocycles. The zero-order valence-electron chi connectivity index (χ0n) is 12.4. The van der Waals surface area contributed by atoms with Crippen molar-refractivity contribution in [3.8, 4) is 5.75 Å². The van der Waals surface area contributed by atoms with Gasteiger partial charge in [0.15, 0.2) is 0 Å². The number of nitrogens with one attached hydrogen (secondary N) is 1. The molecular formula is C16H14N2O6. The number of carboxylic acid groups (broad SMARTS) is 1. The Kier molecular flexibility index (Phi) is 5.45. The number of nitro groups is 1. The van der Waals surface area contributed by atoms with Crippen LogP contribution in [0.15, 0.2) is 54.6 Å². The molecule has 2 N–H and O–H groups in total. The van der Waals surface area contributed by atoms with Gasteiger partial charge in [-0.2, -0.15) is 0 Å². The van der Waals surface area contributed by atoms with E-state index in [1.807, 2.05) is 0 Å². The summed E-state index contributed by atoms with van der Waals surface area (Å²) in [5.41, 5.74) is 0.607. The van der Waals surface area contributed by atoms with Crippen LogP contribution in [-0.4, -0.2) is 28.1 Å². The van der Waals surface area contributed by atoms with Gasteiger partial charge in [0.05, 0.1) is 4.92 Å². The summed E-state index contributed by atoms with van der Waals surface area (Å²) < 4.78 is 4.93. The van der Waals surface area contributed by atoms with Crippen LogP contribution in [0.25, 0.3) is 0 Å². The highest BCUT2D eigenvalue weighted by Gasteiger charge is 2.21. The molecule has 1 atom stereocenters. The predicted molar refractivity (Wildman–Crippen MR) is 83.8 cm³/mol. The lowest BCUT2D eigenvalue weighted by Gasteiger charge is -2.14. The van der Waals surface area contributed by atoms with Crippen molar-refractivity contribution in [2.45, 2.75) is 12.5 Å². The second-order valence-electron chi connectivity index (χ2n) is 4.87. The molecular weight excluding hydrogens is 316 g/mol. The van der Waals surface area contributed by atoms with E-state index in [4.69, 9.17) is 4.74 Å². The van der Waals surface area contributed by atoms with Crippen molar-refractivity contribution in [2.75, 3.05) is 0 Å². The van der Waals surface area contributed by atoms with Crippen molar-refractivity contribution in [3.63, 3.8) is 0 Å². The molecule has 0 saturated heterocycles. The van der Waals surface area contributed by atoms with Gasteiger partial charge in [0.25, 0.3) is 5.69 Å². The molecule has 124 valence electrons. The SMILES string of the molecule is O=C(NC(Cc1ccccc1)C(=O)O)Oc1ccc([N+](=O)[O-])cc1. The monoisotopic (exact) mass is 330 g/mol. The quantitative estimate of drug-likeness (QED) is 0.620. The maximum Gasteiger partial charge on any atom is 0.413 e. The van der Waals surface area contributed by atoms with Crippen LogP contribution in [0.5, 0.6) is 5.75 Å². The van der Waals surface area contributed by atoms with Crippen LogP contribution in [-0.2, 0) is 11.2 Å². The summed E-state index contributed by atoms with van der Waals surface area (Å²) >= 11 is 0. The number of amides is 1. The maximum atomic E-state index is 11.8. The molecule has 0 aliphatic rings. The lowest BCUT2D eigenvalue weighted by molar-refractivity contribution is -0.384. The summed E-state index contributed by atoms with van der Waals surface area (Å²) in [4.78, 5) is 33.0. The first-order valence-corrected chi connectivity index (χ1v) is 6.95. The first-order valence-electron chi connectivity index (χ1n) is 6.95. The summed E-state index contributed by atoms with van der Waals surface area (Å²) in [6.07, 6.45) is -0.849. The zero-order valence-corrected chi connectivity index (χ0v) is 12.4. The lowest BCUT2D eigenvalue weighted by atomic mass is 10.1. The van der Waals surface area contributed by atoms with E-state index in [-0.39, 0.29) is 17.9 Å². The third kappa shape index (κ3) is 4.80. The largest absolute Gasteiger partial charge is 0.480 e. The van der Waals surface area contributed by atoms with Crippen LogP contribution in [0.2, 0.25) is 0 Å². The third-order valence-electron chi connectivity index (χ3n) is 3.13. The molecule has 0 aromatic heterocycles. The first kappa shape index (κ1) is 16.9. The fourth-order valence-electron chi connectivity index (χ4n) is 1.96. The smallest absolute Gasteiger partial charge is 0.413 e. The Hall–Kier alpha value is -3.42. The maximum absolute atomic E-state index is 11.8. The summed E-state index contributed by atoms with van der Waals surface area (Å²) in [7, 11) is 0. The van der Waals surface area contributed by atoms with E-state index < -0.39 is 23.0 Å². The Bertz CT molecular complexity index is 730. The van der Waals surface area contributed by atoms with E-state index in [9.17, 15) is 24.8 Å². The van der Waals surface area contributed by atoms with Gasteiger partial charge < -0.3 is 15.2 Å². The average molecular weight is 330 g/mol. The van der Waals surface area contributed by atoms with E-state index >= 15 is 0 Å². The molecule has 0 spiro atoms. The number of ether oxygens (including phenoxy) is 1. The zero-order chi connectivity index (χ0) is 17.5. The molecule has 1 amide bonds. The van der Waals surface area contributed by atoms with E-state index in [0.717, 1.165) is 5.56 Å². The highest BCUT2D eigenvalue weighted by atomic mass is 16.6. The minimum atomic E-state index is -1.19. The topological polar surface area (TPSA) is 119 Å². The fraction of sp³-hybridized carbons (Fsp3) is 0.125. The Balaban J connectivity index is 1.97. The highest BCUT2D eigenvalue weighted by molar-refractivity contribution is 5.81. The van der Waals surface area contributed by atoms with Gasteiger partial charge in [-0.05, 0) is 17.7 Å². The number of nitrogens with zero attached hydrogens (tertiary/aromatic N) is 1. The number of carboxylic acids is 1. The van der Waals surface area contributed by atoms with Gasteiger partial charge in [-0.1, -0.05) is 30.3 Å². The van der Waals surface area contributed by atoms with Gasteiger partial charge in [0, 0.05) is 18.6 Å². The molecule has 2 aromatic carbocycles. The molecule has 1 unspecified atom stereocenters. The van der Waals surface area contributed by atoms with Crippen LogP contribution >= 0.6 is 0 Å². The molecule has 0 aliphatic carbocycles. The molecule has 0 radical (unpaired) electrons. The van der Waals surface area contributed by atoms with Crippen LogP contribution in [0.1, 0.15) is 5.56 Å². The first-order chi connectivity index (χ1) is 11.5. The second-order valence-corrected chi connectivity index (χ2v) is 4.87. The van der Waals surface area contributed by atoms with Crippen LogP contribution in [0.3, 0.4) is 0 Å². The number of hydrogen-bond donors (Lipinski definition) is 2. The molecule has 8 nitrogen and oxygen atoms in total. The Morgan fingerprint density at radius 2 is 1.75 bits per heavy atom. The fourth-order valence-corrected chi connectivity index (χ4v) is 1.96. The molecule has 0 fully saturated rings. The summed E-state index contributed by atoms with van der Waals surface area (Å²) in [6, 6.07) is 12.6. The number of hydrogen-bond acceptors (Lipinski definition) is 5. The van der Waals surface area contributed by atoms with Gasteiger partial charge in [0.2, 0.25) is 0 Å². The standard InChI is InChI=1S/C16H14N2O6/c19-15(20)14(10-11-4-2-1-3-5-11)17-16(21)24-13-8-6-12(7-9-13)18(22)23/h1-9,14H,10H2,(H,17,21)(H,19,20). The molecule has 2 rings (SSSR count). The Labute approximate surface area is 136 Å². The molecule has 2 aromatic rings. The highest BCUT2D eigenvalue weighted by Crippen LogP contribution is 2.17. The van der Waals surface area contributed by atoms with Crippen molar-refractivity contribution in [2.24, 2.45) is 0 Å². The van der Waals surface area contributed by atoms with E-state index in [2.05, 4.69) is 5.32 Å². The van der Waals surface area contributed by atoms with Gasteiger partial charge in [0.1, 0.15) is 11.8 Å². The van der Waals surface area contributed by atoms with Crippen molar-refractivity contribution in [3.05, 3.63) is 70.3 Å². The summed E-state index contributed by atoms with van der Waals surface area (Å²) in [5.74, 6) is -1.12. The normalized spacial score (nSPS) is 11.3. The number of carbonyl (C=O) groups excluding carboxylic acids is 1. The predicted octanol–water partition coefficient (Wildman–Crippen LogP) is 2.38. The lowest BCUT2D eigenvalue weighted by Crippen LogP contribution is -2.43. The second kappa shape index (κ2) is 7.73. The van der Waals surface area contributed by atoms with Crippen molar-refractivity contribution >= 4 is 17.7 Å². The van der Waals surface area contributed by atoms with E-state index in [0.29, 0.717) is 0 Å². The van der Waals surface area contributed by atoms with Crippen LogP contribution in [0, 0.1) is 10.1 Å². The van der Waals surface area contributed by atoms with Gasteiger partial charge in [-0.25, -0.2) is 9.59 Å². The van der Waals surface area contributed by atoms with E-state index in [1.54, 1.807) is 30.3 Å². The number of rotatable bonds is 6. The molecule has 0 heterocycles. The van der Waals surface area contributed by atoms with Crippen molar-refractivity contribution < 1.29 is 24.4 Å². The third-order valence-corrected chi connectivity index (χ3v) is 3.13. The molecule has 0 bridgehead atoms. The Morgan fingerprint density at radius 1 is 1.12 bits per heavy atom. The van der Waals surface area contributed by atoms with Crippen LogP contribution < -0.4 is 10.1 Å². The van der Waals surface area contributed by atoms with Gasteiger partial charge in [-0.3, -0.25) is 10.1 Å².